The number of hydrogen-bond acceptors (Lipinski definition) is 4. The summed E-state index contributed by atoms with van der Waals surface area (Å²) >= 11 is 5.94. The molecule has 7 heteroatoms. The van der Waals surface area contributed by atoms with Crippen molar-refractivity contribution in [2.45, 2.75) is 6.42 Å². The second kappa shape index (κ2) is 6.91. The molecule has 0 aliphatic rings. The summed E-state index contributed by atoms with van der Waals surface area (Å²) < 4.78 is 5.20. The molecule has 0 fully saturated rings. The average molecular weight is 294 g/mol. The first kappa shape index (κ1) is 14.3. The van der Waals surface area contributed by atoms with E-state index in [0.29, 0.717) is 29.7 Å². The Morgan fingerprint density at radius 1 is 1.45 bits per heavy atom. The maximum absolute atomic E-state index is 5.94. The first-order chi connectivity index (χ1) is 9.72. The van der Waals surface area contributed by atoms with E-state index < -0.39 is 0 Å². The van der Waals surface area contributed by atoms with Gasteiger partial charge in [0, 0.05) is 37.6 Å². The van der Waals surface area contributed by atoms with Gasteiger partial charge in [-0.1, -0.05) is 28.9 Å². The predicted octanol–water partition coefficient (Wildman–Crippen LogP) is 1.73. The minimum Gasteiger partial charge on any atom is -0.359 e. The third-order valence-corrected chi connectivity index (χ3v) is 2.88. The Kier molecular flexibility index (Phi) is 4.95. The normalized spacial score (nSPS) is 11.4. The highest BCUT2D eigenvalue weighted by Crippen LogP contribution is 2.19. The second-order valence-corrected chi connectivity index (χ2v) is 4.46. The quantitative estimate of drug-likeness (QED) is 0.663. The van der Waals surface area contributed by atoms with E-state index in [2.05, 4.69) is 25.8 Å². The van der Waals surface area contributed by atoms with Crippen molar-refractivity contribution in [3.05, 3.63) is 35.2 Å². The molecule has 2 N–H and O–H groups in total. The minimum atomic E-state index is 0.542. The van der Waals surface area contributed by atoms with Crippen LogP contribution in [0.1, 0.15) is 5.89 Å². The SMILES string of the molecule is CN=C(NC)NCCc1nc(-c2cccc(Cl)c2)no1. The van der Waals surface area contributed by atoms with Crippen LogP contribution in [0.3, 0.4) is 0 Å². The summed E-state index contributed by atoms with van der Waals surface area (Å²) in [5, 5.41) is 10.6. The Morgan fingerprint density at radius 2 is 2.30 bits per heavy atom. The zero-order chi connectivity index (χ0) is 14.4. The maximum Gasteiger partial charge on any atom is 0.228 e. The molecule has 0 saturated heterocycles. The Morgan fingerprint density at radius 3 is 3.00 bits per heavy atom. The van der Waals surface area contributed by atoms with Crippen LogP contribution in [0.2, 0.25) is 5.02 Å². The Labute approximate surface area is 122 Å². The average Bonchev–Trinajstić information content (AvgIpc) is 2.92. The molecule has 0 saturated carbocycles. The van der Waals surface area contributed by atoms with Gasteiger partial charge in [-0.2, -0.15) is 4.98 Å². The molecular weight excluding hydrogens is 278 g/mol. The number of aromatic nitrogens is 2. The van der Waals surface area contributed by atoms with E-state index in [1.807, 2.05) is 12.1 Å². The summed E-state index contributed by atoms with van der Waals surface area (Å²) in [6.45, 7) is 0.657. The van der Waals surface area contributed by atoms with Gasteiger partial charge in [0.25, 0.3) is 0 Å². The van der Waals surface area contributed by atoms with Gasteiger partial charge in [-0.3, -0.25) is 4.99 Å². The van der Waals surface area contributed by atoms with Gasteiger partial charge >= 0.3 is 0 Å². The molecule has 1 aromatic heterocycles. The molecule has 20 heavy (non-hydrogen) atoms. The van der Waals surface area contributed by atoms with Gasteiger partial charge in [0.1, 0.15) is 0 Å². The standard InChI is InChI=1S/C13H16ClN5O/c1-15-13(16-2)17-7-6-11-18-12(19-20-11)9-4-3-5-10(14)8-9/h3-5,8H,6-7H2,1-2H3,(H2,15,16,17). The largest absolute Gasteiger partial charge is 0.359 e. The molecule has 6 nitrogen and oxygen atoms in total. The van der Waals surface area contributed by atoms with E-state index in [0.717, 1.165) is 11.5 Å². The molecule has 0 aliphatic heterocycles. The lowest BCUT2D eigenvalue weighted by Crippen LogP contribution is -2.35. The minimum absolute atomic E-state index is 0.542. The van der Waals surface area contributed by atoms with E-state index in [1.54, 1.807) is 26.2 Å². The van der Waals surface area contributed by atoms with Gasteiger partial charge in [0.2, 0.25) is 11.7 Å². The lowest BCUT2D eigenvalue weighted by atomic mass is 10.2. The van der Waals surface area contributed by atoms with Crippen LogP contribution >= 0.6 is 11.6 Å². The van der Waals surface area contributed by atoms with Gasteiger partial charge in [-0.05, 0) is 12.1 Å². The Balaban J connectivity index is 1.96. The van der Waals surface area contributed by atoms with E-state index in [-0.39, 0.29) is 0 Å². The van der Waals surface area contributed by atoms with Crippen molar-refractivity contribution in [2.75, 3.05) is 20.6 Å². The van der Waals surface area contributed by atoms with Crippen LogP contribution < -0.4 is 10.6 Å². The number of hydrogen-bond donors (Lipinski definition) is 2. The summed E-state index contributed by atoms with van der Waals surface area (Å²) in [5.41, 5.74) is 0.839. The predicted molar refractivity (Wildman–Crippen MR) is 78.9 cm³/mol. The summed E-state index contributed by atoms with van der Waals surface area (Å²) in [6.07, 6.45) is 0.619. The third kappa shape index (κ3) is 3.71. The highest BCUT2D eigenvalue weighted by Gasteiger charge is 2.08. The summed E-state index contributed by atoms with van der Waals surface area (Å²) in [5.74, 6) is 1.83. The van der Waals surface area contributed by atoms with Crippen LogP contribution in [-0.4, -0.2) is 36.7 Å². The van der Waals surface area contributed by atoms with Gasteiger partial charge in [-0.25, -0.2) is 0 Å². The van der Waals surface area contributed by atoms with E-state index in [4.69, 9.17) is 16.1 Å². The number of benzene rings is 1. The van der Waals surface area contributed by atoms with Crippen molar-refractivity contribution >= 4 is 17.6 Å². The van der Waals surface area contributed by atoms with Crippen molar-refractivity contribution in [1.29, 1.82) is 0 Å². The van der Waals surface area contributed by atoms with Crippen LogP contribution in [0.25, 0.3) is 11.4 Å². The first-order valence-corrected chi connectivity index (χ1v) is 6.57. The summed E-state index contributed by atoms with van der Waals surface area (Å²) in [6, 6.07) is 7.35. The van der Waals surface area contributed by atoms with Gasteiger partial charge in [0.15, 0.2) is 5.96 Å². The van der Waals surface area contributed by atoms with Crippen molar-refractivity contribution < 1.29 is 4.52 Å². The Bertz CT molecular complexity index is 596. The van der Waals surface area contributed by atoms with Crippen LogP contribution in [0.5, 0.6) is 0 Å². The maximum atomic E-state index is 5.94. The third-order valence-electron chi connectivity index (χ3n) is 2.64. The molecule has 1 heterocycles. The molecule has 1 aromatic carbocycles. The molecule has 0 radical (unpaired) electrons. The van der Waals surface area contributed by atoms with Crippen molar-refractivity contribution in [1.82, 2.24) is 20.8 Å². The molecule has 0 bridgehead atoms. The van der Waals surface area contributed by atoms with Gasteiger partial charge < -0.3 is 15.2 Å². The topological polar surface area (TPSA) is 75.3 Å². The van der Waals surface area contributed by atoms with Gasteiger partial charge in [-0.15, -0.1) is 0 Å². The van der Waals surface area contributed by atoms with E-state index in [9.17, 15) is 0 Å². The molecular formula is C13H16ClN5O. The molecule has 106 valence electrons. The van der Waals surface area contributed by atoms with Crippen LogP contribution in [-0.2, 0) is 6.42 Å². The molecule has 2 rings (SSSR count). The molecule has 0 atom stereocenters. The monoisotopic (exact) mass is 293 g/mol. The van der Waals surface area contributed by atoms with Crippen molar-refractivity contribution in [3.8, 4) is 11.4 Å². The molecule has 0 unspecified atom stereocenters. The smallest absolute Gasteiger partial charge is 0.228 e. The van der Waals surface area contributed by atoms with Crippen LogP contribution in [0.4, 0.5) is 0 Å². The van der Waals surface area contributed by atoms with Crippen LogP contribution in [0.15, 0.2) is 33.8 Å². The van der Waals surface area contributed by atoms with Crippen LogP contribution in [0, 0.1) is 0 Å². The zero-order valence-corrected chi connectivity index (χ0v) is 12.1. The fraction of sp³-hybridized carbons (Fsp3) is 0.308. The Hall–Kier alpha value is -2.08. The fourth-order valence-electron chi connectivity index (χ4n) is 1.67. The number of aliphatic imine (C=N–C) groups is 1. The molecule has 2 aromatic rings. The lowest BCUT2D eigenvalue weighted by molar-refractivity contribution is 0.378. The highest BCUT2D eigenvalue weighted by molar-refractivity contribution is 6.30. The fourth-order valence-corrected chi connectivity index (χ4v) is 1.86. The van der Waals surface area contributed by atoms with E-state index >= 15 is 0 Å². The zero-order valence-electron chi connectivity index (χ0n) is 11.4. The molecule has 0 amide bonds. The number of guanidine groups is 1. The van der Waals surface area contributed by atoms with Crippen molar-refractivity contribution in [2.24, 2.45) is 4.99 Å². The lowest BCUT2D eigenvalue weighted by Gasteiger charge is -2.05. The number of rotatable bonds is 4. The molecule has 0 aliphatic carbocycles. The number of halogens is 1. The summed E-state index contributed by atoms with van der Waals surface area (Å²) in [4.78, 5) is 8.35. The second-order valence-electron chi connectivity index (χ2n) is 4.02. The number of nitrogens with zero attached hydrogens (tertiary/aromatic N) is 3. The number of nitrogens with one attached hydrogen (secondary N) is 2. The molecule has 0 spiro atoms. The van der Waals surface area contributed by atoms with Gasteiger partial charge in [0.05, 0.1) is 0 Å². The first-order valence-electron chi connectivity index (χ1n) is 6.20. The van der Waals surface area contributed by atoms with E-state index in [1.165, 1.54) is 0 Å². The van der Waals surface area contributed by atoms with Crippen molar-refractivity contribution in [3.63, 3.8) is 0 Å². The highest BCUT2D eigenvalue weighted by atomic mass is 35.5. The summed E-state index contributed by atoms with van der Waals surface area (Å²) in [7, 11) is 3.52.